The van der Waals surface area contributed by atoms with Crippen molar-refractivity contribution < 1.29 is 0 Å². The number of rotatable bonds is 3. The van der Waals surface area contributed by atoms with Gasteiger partial charge in [0.1, 0.15) is 0 Å². The lowest BCUT2D eigenvalue weighted by atomic mass is 10.3. The van der Waals surface area contributed by atoms with Crippen molar-refractivity contribution in [3.05, 3.63) is 0 Å². The molecular weight excluding hydrogens is 136 g/mol. The molecule has 9 heavy (non-hydrogen) atoms. The zero-order chi connectivity index (χ0) is 7.28. The van der Waals surface area contributed by atoms with Crippen molar-refractivity contribution in [3.63, 3.8) is 0 Å². The monoisotopic (exact) mass is 148 g/mol. The highest BCUT2D eigenvalue weighted by atomic mass is 35.5. The molecule has 0 saturated carbocycles. The van der Waals surface area contributed by atoms with Gasteiger partial charge in [0.05, 0.1) is 11.6 Å². The quantitative estimate of drug-likeness (QED) is 0.337. The SMILES string of the molecule is CC/C(CCl)=N/N(C)C. The Labute approximate surface area is 61.5 Å². The Bertz CT molecular complexity index is 93.2. The molecule has 0 N–H and O–H groups in total. The van der Waals surface area contributed by atoms with Crippen LogP contribution in [-0.2, 0) is 0 Å². The van der Waals surface area contributed by atoms with Crippen LogP contribution < -0.4 is 0 Å². The van der Waals surface area contributed by atoms with E-state index in [9.17, 15) is 0 Å². The van der Waals surface area contributed by atoms with E-state index in [1.165, 1.54) is 0 Å². The summed E-state index contributed by atoms with van der Waals surface area (Å²) in [5.74, 6) is 0.536. The number of nitrogens with zero attached hydrogens (tertiary/aromatic N) is 2. The highest BCUT2D eigenvalue weighted by Crippen LogP contribution is 1.90. The Morgan fingerprint density at radius 2 is 2.11 bits per heavy atom. The summed E-state index contributed by atoms with van der Waals surface area (Å²) in [5, 5.41) is 5.90. The number of hydrazone groups is 1. The summed E-state index contributed by atoms with van der Waals surface area (Å²) in [7, 11) is 3.78. The van der Waals surface area contributed by atoms with Crippen LogP contribution in [0.15, 0.2) is 5.10 Å². The minimum atomic E-state index is 0.536. The standard InChI is InChI=1S/C6H13ClN2/c1-4-6(5-7)8-9(2)3/h4-5H2,1-3H3/b8-6-. The first kappa shape index (κ1) is 8.76. The molecule has 0 aliphatic carbocycles. The van der Waals surface area contributed by atoms with E-state index >= 15 is 0 Å². The zero-order valence-electron chi connectivity index (χ0n) is 6.19. The lowest BCUT2D eigenvalue weighted by molar-refractivity contribution is 0.436. The maximum atomic E-state index is 5.55. The van der Waals surface area contributed by atoms with Gasteiger partial charge in [-0.1, -0.05) is 6.92 Å². The van der Waals surface area contributed by atoms with Crippen molar-refractivity contribution in [1.82, 2.24) is 5.01 Å². The Balaban J connectivity index is 3.75. The summed E-state index contributed by atoms with van der Waals surface area (Å²) in [4.78, 5) is 0. The molecule has 0 bridgehead atoms. The second kappa shape index (κ2) is 4.62. The van der Waals surface area contributed by atoms with E-state index in [0.717, 1.165) is 12.1 Å². The second-order valence-corrected chi connectivity index (χ2v) is 2.27. The minimum absolute atomic E-state index is 0.536. The number of alkyl halides is 1. The lowest BCUT2D eigenvalue weighted by Gasteiger charge is -2.05. The molecule has 0 fully saturated rings. The zero-order valence-corrected chi connectivity index (χ0v) is 6.94. The van der Waals surface area contributed by atoms with Gasteiger partial charge in [0.25, 0.3) is 0 Å². The van der Waals surface area contributed by atoms with E-state index in [2.05, 4.69) is 5.10 Å². The molecule has 0 heterocycles. The van der Waals surface area contributed by atoms with Gasteiger partial charge >= 0.3 is 0 Å². The smallest absolute Gasteiger partial charge is 0.0625 e. The molecule has 0 radical (unpaired) electrons. The van der Waals surface area contributed by atoms with Crippen molar-refractivity contribution in [2.24, 2.45) is 5.10 Å². The fourth-order valence-corrected chi connectivity index (χ4v) is 0.717. The van der Waals surface area contributed by atoms with E-state index in [4.69, 9.17) is 11.6 Å². The fourth-order valence-electron chi connectivity index (χ4n) is 0.475. The van der Waals surface area contributed by atoms with Crippen molar-refractivity contribution in [3.8, 4) is 0 Å². The van der Waals surface area contributed by atoms with Gasteiger partial charge in [0.2, 0.25) is 0 Å². The summed E-state index contributed by atoms with van der Waals surface area (Å²) in [6.45, 7) is 2.05. The van der Waals surface area contributed by atoms with E-state index in [-0.39, 0.29) is 0 Å². The molecule has 0 saturated heterocycles. The van der Waals surface area contributed by atoms with E-state index in [0.29, 0.717) is 5.88 Å². The van der Waals surface area contributed by atoms with E-state index in [1.54, 1.807) is 5.01 Å². The van der Waals surface area contributed by atoms with Crippen molar-refractivity contribution in [2.45, 2.75) is 13.3 Å². The lowest BCUT2D eigenvalue weighted by Crippen LogP contribution is -2.08. The molecule has 0 atom stereocenters. The Morgan fingerprint density at radius 1 is 1.56 bits per heavy atom. The minimum Gasteiger partial charge on any atom is -0.303 e. The molecule has 0 amide bonds. The number of hydrogen-bond acceptors (Lipinski definition) is 2. The summed E-state index contributed by atoms with van der Waals surface area (Å²) >= 11 is 5.55. The van der Waals surface area contributed by atoms with Gasteiger partial charge in [-0.2, -0.15) is 5.10 Å². The summed E-state index contributed by atoms with van der Waals surface area (Å²) in [5.41, 5.74) is 1.03. The largest absolute Gasteiger partial charge is 0.303 e. The normalized spacial score (nSPS) is 11.8. The first-order valence-corrected chi connectivity index (χ1v) is 3.53. The molecule has 0 aromatic rings. The topological polar surface area (TPSA) is 15.6 Å². The molecule has 3 heteroatoms. The van der Waals surface area contributed by atoms with Crippen LogP contribution in [0.4, 0.5) is 0 Å². The predicted molar refractivity (Wildman–Crippen MR) is 42.1 cm³/mol. The van der Waals surface area contributed by atoms with Crippen LogP contribution in [0.3, 0.4) is 0 Å². The molecule has 0 aliphatic rings. The van der Waals surface area contributed by atoms with Crippen LogP contribution in [-0.4, -0.2) is 30.7 Å². The number of halogens is 1. The molecule has 0 aliphatic heterocycles. The van der Waals surface area contributed by atoms with Crippen molar-refractivity contribution in [2.75, 3.05) is 20.0 Å². The molecule has 2 nitrogen and oxygen atoms in total. The van der Waals surface area contributed by atoms with Crippen molar-refractivity contribution in [1.29, 1.82) is 0 Å². The highest BCUT2D eigenvalue weighted by Gasteiger charge is 1.91. The predicted octanol–water partition coefficient (Wildman–Crippen LogP) is 1.55. The van der Waals surface area contributed by atoms with Gasteiger partial charge in [0.15, 0.2) is 0 Å². The molecular formula is C6H13ClN2. The summed E-state index contributed by atoms with van der Waals surface area (Å²) < 4.78 is 0. The van der Waals surface area contributed by atoms with Crippen LogP contribution in [0.1, 0.15) is 13.3 Å². The van der Waals surface area contributed by atoms with Crippen LogP contribution in [0.5, 0.6) is 0 Å². The highest BCUT2D eigenvalue weighted by molar-refractivity contribution is 6.28. The first-order valence-electron chi connectivity index (χ1n) is 3.00. The maximum absolute atomic E-state index is 5.55. The molecule has 54 valence electrons. The third-order valence-electron chi connectivity index (χ3n) is 0.904. The van der Waals surface area contributed by atoms with E-state index < -0.39 is 0 Å². The average molecular weight is 149 g/mol. The number of hydrogen-bond donors (Lipinski definition) is 0. The molecule has 0 aromatic heterocycles. The summed E-state index contributed by atoms with van der Waals surface area (Å²) in [6, 6.07) is 0. The van der Waals surface area contributed by atoms with Crippen LogP contribution in [0.2, 0.25) is 0 Å². The van der Waals surface area contributed by atoms with Gasteiger partial charge in [-0.15, -0.1) is 11.6 Å². The fraction of sp³-hybridized carbons (Fsp3) is 0.833. The third kappa shape index (κ3) is 4.28. The van der Waals surface area contributed by atoms with Gasteiger partial charge < -0.3 is 5.01 Å². The van der Waals surface area contributed by atoms with Gasteiger partial charge in [0, 0.05) is 14.1 Å². The summed E-state index contributed by atoms with van der Waals surface area (Å²) in [6.07, 6.45) is 0.932. The third-order valence-corrected chi connectivity index (χ3v) is 1.21. The molecule has 0 rings (SSSR count). The second-order valence-electron chi connectivity index (χ2n) is 2.00. The molecule has 0 unspecified atom stereocenters. The Morgan fingerprint density at radius 3 is 2.22 bits per heavy atom. The van der Waals surface area contributed by atoms with E-state index in [1.807, 2.05) is 21.0 Å². The van der Waals surface area contributed by atoms with Gasteiger partial charge in [-0.25, -0.2) is 0 Å². The van der Waals surface area contributed by atoms with Crippen LogP contribution in [0.25, 0.3) is 0 Å². The van der Waals surface area contributed by atoms with Crippen molar-refractivity contribution >= 4 is 17.3 Å². The average Bonchev–Trinajstić information content (AvgIpc) is 1.82. The van der Waals surface area contributed by atoms with Gasteiger partial charge in [-0.3, -0.25) is 0 Å². The molecule has 0 aromatic carbocycles. The first-order chi connectivity index (χ1) is 4.20. The van der Waals surface area contributed by atoms with Crippen LogP contribution >= 0.6 is 11.6 Å². The Kier molecular flexibility index (Phi) is 4.50. The molecule has 0 spiro atoms. The van der Waals surface area contributed by atoms with Crippen LogP contribution in [0, 0.1) is 0 Å². The Hall–Kier alpha value is -0.240. The van der Waals surface area contributed by atoms with Gasteiger partial charge in [-0.05, 0) is 6.42 Å². The maximum Gasteiger partial charge on any atom is 0.0625 e.